The number of carbonyl (C=O) groups excluding carboxylic acids is 1. The van der Waals surface area contributed by atoms with Crippen molar-refractivity contribution < 1.29 is 23.2 Å². The highest BCUT2D eigenvalue weighted by Crippen LogP contribution is 2.26. The van der Waals surface area contributed by atoms with Crippen LogP contribution in [0.3, 0.4) is 0 Å². The summed E-state index contributed by atoms with van der Waals surface area (Å²) in [5.74, 6) is 1.21. The van der Waals surface area contributed by atoms with Gasteiger partial charge in [-0.05, 0) is 43.2 Å². The Morgan fingerprint density at radius 3 is 2.73 bits per heavy atom. The van der Waals surface area contributed by atoms with Crippen molar-refractivity contribution in [2.24, 2.45) is 5.92 Å². The van der Waals surface area contributed by atoms with Crippen molar-refractivity contribution in [2.75, 3.05) is 31.7 Å². The molecule has 0 saturated carbocycles. The van der Waals surface area contributed by atoms with E-state index in [1.807, 2.05) is 13.8 Å². The van der Waals surface area contributed by atoms with Gasteiger partial charge in [0.2, 0.25) is 0 Å². The molecule has 0 atom stereocenters. The quantitative estimate of drug-likeness (QED) is 0.447. The average molecular weight is 419 g/mol. The van der Waals surface area contributed by atoms with Crippen molar-refractivity contribution in [1.82, 2.24) is 10.1 Å². The van der Waals surface area contributed by atoms with E-state index in [0.717, 1.165) is 44.6 Å². The van der Waals surface area contributed by atoms with Gasteiger partial charge >= 0.3 is 12.0 Å². The van der Waals surface area contributed by atoms with Crippen molar-refractivity contribution in [3.8, 4) is 5.75 Å². The van der Waals surface area contributed by atoms with E-state index in [2.05, 4.69) is 19.8 Å². The van der Waals surface area contributed by atoms with E-state index in [1.54, 1.807) is 12.1 Å². The Balaban J connectivity index is 1.36. The summed E-state index contributed by atoms with van der Waals surface area (Å²) in [5, 5.41) is 4.04. The summed E-state index contributed by atoms with van der Waals surface area (Å²) in [6.07, 6.45) is 4.06. The maximum Gasteiger partial charge on any atom is 0.324 e. The molecule has 0 spiro atoms. The van der Waals surface area contributed by atoms with Crippen molar-refractivity contribution >= 4 is 12.0 Å². The van der Waals surface area contributed by atoms with Gasteiger partial charge in [-0.25, -0.2) is 4.39 Å². The number of hydrogen-bond acceptors (Lipinski definition) is 7. The molecular formula is C22H30FN3O4. The summed E-state index contributed by atoms with van der Waals surface area (Å²) in [6.45, 7) is 6.47. The Morgan fingerprint density at radius 1 is 1.33 bits per heavy atom. The minimum Gasteiger partial charge on any atom is -0.493 e. The number of piperidine rings is 1. The molecule has 1 aromatic heterocycles. The molecule has 0 amide bonds. The smallest absolute Gasteiger partial charge is 0.324 e. The summed E-state index contributed by atoms with van der Waals surface area (Å²) < 4.78 is 29.7. The zero-order chi connectivity index (χ0) is 21.5. The molecule has 30 heavy (non-hydrogen) atoms. The Kier molecular flexibility index (Phi) is 7.65. The molecule has 1 saturated heterocycles. The molecule has 1 aromatic carbocycles. The van der Waals surface area contributed by atoms with Crippen molar-refractivity contribution in [1.29, 1.82) is 0 Å². The van der Waals surface area contributed by atoms with E-state index in [1.165, 1.54) is 13.2 Å². The van der Waals surface area contributed by atoms with E-state index >= 15 is 0 Å². The molecule has 3 rings (SSSR count). The first kappa shape index (κ1) is 22.1. The number of carbonyl (C=O) groups is 1. The van der Waals surface area contributed by atoms with Crippen molar-refractivity contribution in [2.45, 2.75) is 51.9 Å². The predicted octanol–water partition coefficient (Wildman–Crippen LogP) is 4.12. The highest BCUT2D eigenvalue weighted by Gasteiger charge is 2.23. The van der Waals surface area contributed by atoms with Crippen LogP contribution >= 0.6 is 0 Å². The lowest BCUT2D eigenvalue weighted by Crippen LogP contribution is -2.34. The Hall–Kier alpha value is -2.64. The zero-order valence-corrected chi connectivity index (χ0v) is 17.9. The number of aromatic nitrogens is 2. The van der Waals surface area contributed by atoms with Crippen molar-refractivity contribution in [3.63, 3.8) is 0 Å². The molecule has 0 unspecified atom stereocenters. The van der Waals surface area contributed by atoms with Crippen LogP contribution in [-0.4, -0.2) is 42.9 Å². The number of rotatable bonds is 9. The van der Waals surface area contributed by atoms with Crippen LogP contribution in [0.1, 0.15) is 56.8 Å². The normalized spacial score (nSPS) is 14.9. The first-order valence-electron chi connectivity index (χ1n) is 10.5. The number of halogens is 1. The molecule has 8 heteroatoms. The lowest BCUT2D eigenvalue weighted by Gasteiger charge is -2.30. The molecule has 0 bridgehead atoms. The van der Waals surface area contributed by atoms with Crippen LogP contribution in [0.5, 0.6) is 5.75 Å². The monoisotopic (exact) mass is 419 g/mol. The Bertz CT molecular complexity index is 832. The van der Waals surface area contributed by atoms with E-state index < -0.39 is 11.8 Å². The van der Waals surface area contributed by atoms with Crippen molar-refractivity contribution in [3.05, 3.63) is 35.4 Å². The summed E-state index contributed by atoms with van der Waals surface area (Å²) in [7, 11) is 1.29. The highest BCUT2D eigenvalue weighted by atomic mass is 19.1. The average Bonchev–Trinajstić information content (AvgIpc) is 3.24. The van der Waals surface area contributed by atoms with Crippen LogP contribution in [-0.2, 0) is 16.0 Å². The number of ether oxygens (including phenoxy) is 2. The predicted molar refractivity (Wildman–Crippen MR) is 110 cm³/mol. The fourth-order valence-corrected chi connectivity index (χ4v) is 3.55. The Labute approximate surface area is 176 Å². The Morgan fingerprint density at radius 2 is 2.10 bits per heavy atom. The molecule has 7 nitrogen and oxygen atoms in total. The van der Waals surface area contributed by atoms with E-state index in [9.17, 15) is 9.18 Å². The SMILES string of the molecule is COC(=O)Cc1ccc(OCCCC2CCN(c3nc(C(C)C)no3)CC2)cc1F. The molecular weight excluding hydrogens is 389 g/mol. The van der Waals surface area contributed by atoms with Gasteiger partial charge in [0.05, 0.1) is 20.1 Å². The first-order valence-corrected chi connectivity index (χ1v) is 10.5. The lowest BCUT2D eigenvalue weighted by atomic mass is 9.92. The second-order valence-electron chi connectivity index (χ2n) is 8.02. The number of anilines is 1. The molecule has 1 aliphatic heterocycles. The van der Waals surface area contributed by atoms with Gasteiger partial charge in [-0.15, -0.1) is 0 Å². The lowest BCUT2D eigenvalue weighted by molar-refractivity contribution is -0.139. The van der Waals surface area contributed by atoms with Crippen LogP contribution in [0.25, 0.3) is 0 Å². The number of benzene rings is 1. The third-order valence-electron chi connectivity index (χ3n) is 5.44. The molecule has 1 fully saturated rings. The first-order chi connectivity index (χ1) is 14.5. The maximum atomic E-state index is 14.1. The van der Waals surface area contributed by atoms with Gasteiger partial charge in [0.15, 0.2) is 5.82 Å². The minimum atomic E-state index is -0.465. The zero-order valence-electron chi connectivity index (χ0n) is 17.9. The van der Waals surface area contributed by atoms with Gasteiger partial charge in [-0.3, -0.25) is 4.79 Å². The molecule has 0 aliphatic carbocycles. The van der Waals surface area contributed by atoms with Gasteiger partial charge in [-0.1, -0.05) is 25.1 Å². The second-order valence-corrected chi connectivity index (χ2v) is 8.02. The van der Waals surface area contributed by atoms with Gasteiger partial charge in [-0.2, -0.15) is 4.98 Å². The summed E-state index contributed by atoms with van der Waals surface area (Å²) in [5.41, 5.74) is 0.308. The fourth-order valence-electron chi connectivity index (χ4n) is 3.55. The summed E-state index contributed by atoms with van der Waals surface area (Å²) in [4.78, 5) is 17.9. The summed E-state index contributed by atoms with van der Waals surface area (Å²) >= 11 is 0. The largest absolute Gasteiger partial charge is 0.493 e. The van der Waals surface area contributed by atoms with Gasteiger partial charge in [0.25, 0.3) is 0 Å². The van der Waals surface area contributed by atoms with Gasteiger partial charge in [0, 0.05) is 25.1 Å². The fraction of sp³-hybridized carbons (Fsp3) is 0.591. The highest BCUT2D eigenvalue weighted by molar-refractivity contribution is 5.72. The molecule has 2 aromatic rings. The molecule has 2 heterocycles. The number of methoxy groups -OCH3 is 1. The minimum absolute atomic E-state index is 0.0797. The van der Waals surface area contributed by atoms with Crippen LogP contribution in [0, 0.1) is 11.7 Å². The summed E-state index contributed by atoms with van der Waals surface area (Å²) in [6, 6.07) is 5.21. The van der Waals surface area contributed by atoms with Crippen LogP contribution in [0.4, 0.5) is 10.4 Å². The topological polar surface area (TPSA) is 77.7 Å². The molecule has 0 N–H and O–H groups in total. The van der Waals surface area contributed by atoms with E-state index in [-0.39, 0.29) is 12.3 Å². The van der Waals surface area contributed by atoms with Crippen LogP contribution < -0.4 is 9.64 Å². The standard InChI is InChI=1S/C22H30FN3O4/c1-15(2)21-24-22(30-25-21)26-10-8-16(9-11-26)5-4-12-29-18-7-6-17(19(23)14-18)13-20(27)28-3/h6-7,14-16H,4-5,8-13H2,1-3H3. The number of hydrogen-bond donors (Lipinski definition) is 0. The maximum absolute atomic E-state index is 14.1. The van der Waals surface area contributed by atoms with Crippen LogP contribution in [0.15, 0.2) is 22.7 Å². The van der Waals surface area contributed by atoms with Crippen LogP contribution in [0.2, 0.25) is 0 Å². The van der Waals surface area contributed by atoms with Gasteiger partial charge < -0.3 is 18.9 Å². The van der Waals surface area contributed by atoms with E-state index in [4.69, 9.17) is 9.26 Å². The molecule has 164 valence electrons. The number of nitrogens with zero attached hydrogens (tertiary/aromatic N) is 3. The van der Waals surface area contributed by atoms with E-state index in [0.29, 0.717) is 29.9 Å². The second kappa shape index (κ2) is 10.4. The van der Waals surface area contributed by atoms with Gasteiger partial charge in [0.1, 0.15) is 11.6 Å². The molecule has 0 radical (unpaired) electrons. The third-order valence-corrected chi connectivity index (χ3v) is 5.44. The molecule has 1 aliphatic rings. The third kappa shape index (κ3) is 5.93. The number of esters is 1.